The Morgan fingerprint density at radius 2 is 1.73 bits per heavy atom. The van der Waals surface area contributed by atoms with Gasteiger partial charge in [-0.15, -0.1) is 0 Å². The van der Waals surface area contributed by atoms with Crippen molar-refractivity contribution in [1.29, 1.82) is 0 Å². The number of amides is 1. The van der Waals surface area contributed by atoms with Crippen molar-refractivity contribution >= 4 is 11.9 Å². The molecule has 0 fully saturated rings. The van der Waals surface area contributed by atoms with Crippen LogP contribution in [-0.4, -0.2) is 31.6 Å². The molecule has 0 unspecified atom stereocenters. The van der Waals surface area contributed by atoms with Gasteiger partial charge in [0.1, 0.15) is 12.4 Å². The van der Waals surface area contributed by atoms with E-state index in [9.17, 15) is 9.59 Å². The molecular weight excluding hydrogens is 414 g/mol. The first-order valence-corrected chi connectivity index (χ1v) is 11.1. The maximum absolute atomic E-state index is 12.2. The summed E-state index contributed by atoms with van der Waals surface area (Å²) in [7, 11) is 0. The standard InChI is InChI=1S/C28H23NO4/c30-26-14-16-32-27-13-12-19(17-24(26)27)7-5-6-15-29-28(31)33-18-25-22-10-3-1-8-20(22)21-9-2-4-11-23(21)25/h1-4,8-13,17,25H,6,14-16,18H2,(H,29,31). The molecule has 33 heavy (non-hydrogen) atoms. The maximum atomic E-state index is 12.2. The largest absolute Gasteiger partial charge is 0.492 e. The van der Waals surface area contributed by atoms with Crippen LogP contribution < -0.4 is 10.1 Å². The summed E-state index contributed by atoms with van der Waals surface area (Å²) in [5, 5.41) is 2.76. The van der Waals surface area contributed by atoms with Gasteiger partial charge < -0.3 is 14.8 Å². The number of alkyl carbamates (subject to hydrolysis) is 1. The molecule has 1 aliphatic carbocycles. The Bertz CT molecular complexity index is 1240. The average molecular weight is 437 g/mol. The Kier molecular flexibility index (Phi) is 5.82. The number of nitrogens with one attached hydrogen (secondary N) is 1. The van der Waals surface area contributed by atoms with Crippen LogP contribution in [0.4, 0.5) is 4.79 Å². The summed E-state index contributed by atoms with van der Waals surface area (Å²) in [6, 6.07) is 21.9. The van der Waals surface area contributed by atoms with Crippen molar-refractivity contribution in [3.05, 3.63) is 89.0 Å². The predicted molar refractivity (Wildman–Crippen MR) is 125 cm³/mol. The third-order valence-electron chi connectivity index (χ3n) is 5.96. The Morgan fingerprint density at radius 1 is 1.00 bits per heavy atom. The van der Waals surface area contributed by atoms with Crippen molar-refractivity contribution in [2.24, 2.45) is 0 Å². The van der Waals surface area contributed by atoms with Crippen molar-refractivity contribution in [3.8, 4) is 28.7 Å². The summed E-state index contributed by atoms with van der Waals surface area (Å²) in [5.41, 5.74) is 6.12. The molecular formula is C28H23NO4. The second-order valence-electron chi connectivity index (χ2n) is 8.04. The molecule has 3 aromatic carbocycles. The Morgan fingerprint density at radius 3 is 2.48 bits per heavy atom. The van der Waals surface area contributed by atoms with Gasteiger partial charge >= 0.3 is 6.09 Å². The van der Waals surface area contributed by atoms with E-state index in [1.54, 1.807) is 12.1 Å². The summed E-state index contributed by atoms with van der Waals surface area (Å²) in [6.07, 6.45) is 0.426. The van der Waals surface area contributed by atoms with E-state index in [2.05, 4.69) is 41.4 Å². The molecule has 0 saturated carbocycles. The van der Waals surface area contributed by atoms with Crippen LogP contribution in [0.25, 0.3) is 11.1 Å². The van der Waals surface area contributed by atoms with E-state index < -0.39 is 6.09 Å². The van der Waals surface area contributed by atoms with Crippen LogP contribution in [0.15, 0.2) is 66.7 Å². The average Bonchev–Trinajstić information content (AvgIpc) is 3.17. The molecule has 5 heteroatoms. The van der Waals surface area contributed by atoms with Crippen LogP contribution in [-0.2, 0) is 4.74 Å². The molecule has 5 rings (SSSR count). The Hall–Kier alpha value is -4.04. The zero-order valence-corrected chi connectivity index (χ0v) is 18.1. The molecule has 0 radical (unpaired) electrons. The summed E-state index contributed by atoms with van der Waals surface area (Å²) in [6.45, 7) is 1.10. The van der Waals surface area contributed by atoms with Gasteiger partial charge in [0.05, 0.1) is 12.2 Å². The monoisotopic (exact) mass is 437 g/mol. The number of carbonyl (C=O) groups is 2. The fourth-order valence-electron chi connectivity index (χ4n) is 4.38. The minimum atomic E-state index is -0.449. The Balaban J connectivity index is 1.13. The molecule has 3 aromatic rings. The van der Waals surface area contributed by atoms with E-state index in [1.807, 2.05) is 30.3 Å². The predicted octanol–water partition coefficient (Wildman–Crippen LogP) is 4.93. The van der Waals surface area contributed by atoms with Crippen molar-refractivity contribution in [3.63, 3.8) is 0 Å². The van der Waals surface area contributed by atoms with Gasteiger partial charge in [0, 0.05) is 30.9 Å². The molecule has 0 spiro atoms. The number of ketones is 1. The molecule has 0 saturated heterocycles. The van der Waals surface area contributed by atoms with Crippen molar-refractivity contribution < 1.29 is 19.1 Å². The van der Waals surface area contributed by atoms with Gasteiger partial charge in [-0.05, 0) is 40.5 Å². The first kappa shape index (κ1) is 20.8. The van der Waals surface area contributed by atoms with Crippen LogP contribution in [0.2, 0.25) is 0 Å². The number of benzene rings is 3. The molecule has 1 N–H and O–H groups in total. The summed E-state index contributed by atoms with van der Waals surface area (Å²) in [4.78, 5) is 24.2. The van der Waals surface area contributed by atoms with Crippen LogP contribution in [0, 0.1) is 11.8 Å². The first-order valence-electron chi connectivity index (χ1n) is 11.1. The molecule has 5 nitrogen and oxygen atoms in total. The molecule has 0 aromatic heterocycles. The number of Topliss-reactive ketones (excluding diaryl/α,β-unsaturated/α-hetero) is 1. The minimum Gasteiger partial charge on any atom is -0.492 e. The van der Waals surface area contributed by atoms with Crippen LogP contribution in [0.1, 0.15) is 45.8 Å². The molecule has 2 aliphatic rings. The number of rotatable bonds is 4. The van der Waals surface area contributed by atoms with Crippen molar-refractivity contribution in [2.75, 3.05) is 19.8 Å². The highest BCUT2D eigenvalue weighted by atomic mass is 16.5. The zero-order valence-electron chi connectivity index (χ0n) is 18.1. The van der Waals surface area contributed by atoms with Gasteiger partial charge in [0.25, 0.3) is 0 Å². The third kappa shape index (κ3) is 4.33. The molecule has 1 aliphatic heterocycles. The minimum absolute atomic E-state index is 0.0404. The fourth-order valence-corrected chi connectivity index (χ4v) is 4.38. The molecule has 0 bridgehead atoms. The summed E-state index contributed by atoms with van der Waals surface area (Å²) in [5.74, 6) is 6.81. The van der Waals surface area contributed by atoms with Gasteiger partial charge in [-0.3, -0.25) is 4.79 Å². The third-order valence-corrected chi connectivity index (χ3v) is 5.96. The van der Waals surface area contributed by atoms with E-state index in [4.69, 9.17) is 9.47 Å². The van der Waals surface area contributed by atoms with Gasteiger partial charge in [-0.2, -0.15) is 0 Å². The lowest BCUT2D eigenvalue weighted by atomic mass is 9.98. The van der Waals surface area contributed by atoms with Gasteiger partial charge in [0.2, 0.25) is 0 Å². The van der Waals surface area contributed by atoms with Crippen molar-refractivity contribution in [2.45, 2.75) is 18.8 Å². The lowest BCUT2D eigenvalue weighted by molar-refractivity contribution is 0.0933. The topological polar surface area (TPSA) is 64.6 Å². The SMILES string of the molecule is O=C(NCCC#Cc1ccc2c(c1)C(=O)CCO2)OCC1c2ccccc2-c2ccccc21. The second kappa shape index (κ2) is 9.22. The second-order valence-corrected chi connectivity index (χ2v) is 8.04. The number of carbonyl (C=O) groups excluding carboxylic acids is 2. The molecule has 0 atom stereocenters. The maximum Gasteiger partial charge on any atom is 0.407 e. The van der Waals surface area contributed by atoms with Gasteiger partial charge in [0.15, 0.2) is 5.78 Å². The molecule has 1 heterocycles. The van der Waals surface area contributed by atoms with Crippen LogP contribution in [0.5, 0.6) is 5.75 Å². The zero-order chi connectivity index (χ0) is 22.6. The number of ether oxygens (including phenoxy) is 2. The smallest absolute Gasteiger partial charge is 0.407 e. The summed E-state index contributed by atoms with van der Waals surface area (Å²) < 4.78 is 11.0. The summed E-state index contributed by atoms with van der Waals surface area (Å²) >= 11 is 0. The quantitative estimate of drug-likeness (QED) is 0.464. The highest BCUT2D eigenvalue weighted by molar-refractivity contribution is 5.99. The van der Waals surface area contributed by atoms with Crippen LogP contribution >= 0.6 is 0 Å². The highest BCUT2D eigenvalue weighted by Gasteiger charge is 2.28. The number of fused-ring (bicyclic) bond motifs is 4. The fraction of sp³-hybridized carbons (Fsp3) is 0.214. The van der Waals surface area contributed by atoms with Gasteiger partial charge in [-0.25, -0.2) is 4.79 Å². The lowest BCUT2D eigenvalue weighted by Crippen LogP contribution is -2.26. The highest BCUT2D eigenvalue weighted by Crippen LogP contribution is 2.44. The van der Waals surface area contributed by atoms with Crippen molar-refractivity contribution in [1.82, 2.24) is 5.32 Å². The number of hydrogen-bond acceptors (Lipinski definition) is 4. The first-order chi connectivity index (χ1) is 16.2. The normalized spacial score (nSPS) is 13.6. The van der Waals surface area contributed by atoms with E-state index in [-0.39, 0.29) is 18.3 Å². The molecule has 1 amide bonds. The van der Waals surface area contributed by atoms with E-state index in [1.165, 1.54) is 22.3 Å². The van der Waals surface area contributed by atoms with Gasteiger partial charge in [-0.1, -0.05) is 60.4 Å². The number of hydrogen-bond donors (Lipinski definition) is 1. The van der Waals surface area contributed by atoms with E-state index in [0.717, 1.165) is 5.56 Å². The van der Waals surface area contributed by atoms with E-state index >= 15 is 0 Å². The Labute approximate surface area is 192 Å². The van der Waals surface area contributed by atoms with Crippen LogP contribution in [0.3, 0.4) is 0 Å². The van der Waals surface area contributed by atoms with E-state index in [0.29, 0.717) is 37.3 Å². The lowest BCUT2D eigenvalue weighted by Gasteiger charge is -2.15. The molecule has 164 valence electrons.